The van der Waals surface area contributed by atoms with Gasteiger partial charge >= 0.3 is 0 Å². The first kappa shape index (κ1) is 16.5. The topological polar surface area (TPSA) is 57.4 Å². The van der Waals surface area contributed by atoms with Gasteiger partial charge in [0.15, 0.2) is 0 Å². The highest BCUT2D eigenvalue weighted by Gasteiger charge is 2.30. The van der Waals surface area contributed by atoms with Crippen LogP contribution in [-0.2, 0) is 4.79 Å². The summed E-state index contributed by atoms with van der Waals surface area (Å²) >= 11 is 0. The van der Waals surface area contributed by atoms with E-state index in [0.717, 1.165) is 63.1 Å². The number of ether oxygens (including phenoxy) is 1. The zero-order valence-electron chi connectivity index (χ0n) is 14.9. The summed E-state index contributed by atoms with van der Waals surface area (Å²) in [5.74, 6) is 2.01. The maximum Gasteiger partial charge on any atom is 0.225 e. The maximum atomic E-state index is 12.7. The third-order valence-electron chi connectivity index (χ3n) is 5.86. The third kappa shape index (κ3) is 3.25. The predicted molar refractivity (Wildman–Crippen MR) is 99.0 cm³/mol. The van der Waals surface area contributed by atoms with Gasteiger partial charge in [0.2, 0.25) is 5.91 Å². The van der Waals surface area contributed by atoms with Crippen molar-refractivity contribution in [3.8, 4) is 5.75 Å². The number of aromatic nitrogens is 1. The van der Waals surface area contributed by atoms with Crippen LogP contribution in [0.4, 0.5) is 0 Å². The van der Waals surface area contributed by atoms with Gasteiger partial charge in [0.25, 0.3) is 0 Å². The van der Waals surface area contributed by atoms with E-state index >= 15 is 0 Å². The number of piperidine rings is 2. The molecule has 2 aromatic rings. The minimum Gasteiger partial charge on any atom is -0.497 e. The van der Waals surface area contributed by atoms with Gasteiger partial charge in [-0.25, -0.2) is 0 Å². The molecule has 1 aromatic carbocycles. The highest BCUT2D eigenvalue weighted by atomic mass is 16.5. The van der Waals surface area contributed by atoms with Crippen molar-refractivity contribution in [2.45, 2.75) is 31.6 Å². The lowest BCUT2D eigenvalue weighted by Gasteiger charge is -2.35. The van der Waals surface area contributed by atoms with Crippen molar-refractivity contribution < 1.29 is 9.53 Å². The van der Waals surface area contributed by atoms with E-state index in [1.165, 1.54) is 10.9 Å². The number of hydrogen-bond donors (Lipinski definition) is 2. The molecule has 2 saturated heterocycles. The quantitative estimate of drug-likeness (QED) is 0.902. The second-order valence-electron chi connectivity index (χ2n) is 7.28. The lowest BCUT2D eigenvalue weighted by Crippen LogP contribution is -2.44. The van der Waals surface area contributed by atoms with E-state index < -0.39 is 0 Å². The summed E-state index contributed by atoms with van der Waals surface area (Å²) in [5, 5.41) is 4.59. The molecule has 5 heteroatoms. The van der Waals surface area contributed by atoms with Crippen molar-refractivity contribution in [3.05, 3.63) is 30.0 Å². The molecule has 2 N–H and O–H groups in total. The number of methoxy groups -OCH3 is 1. The highest BCUT2D eigenvalue weighted by molar-refractivity contribution is 5.85. The van der Waals surface area contributed by atoms with Gasteiger partial charge in [-0.05, 0) is 68.5 Å². The molecule has 0 saturated carbocycles. The Labute approximate surface area is 148 Å². The number of benzene rings is 1. The van der Waals surface area contributed by atoms with E-state index in [0.29, 0.717) is 11.8 Å². The minimum atomic E-state index is 0.232. The molecule has 134 valence electrons. The summed E-state index contributed by atoms with van der Waals surface area (Å²) in [6.45, 7) is 3.71. The first-order valence-electron chi connectivity index (χ1n) is 9.41. The lowest BCUT2D eigenvalue weighted by molar-refractivity contribution is -0.137. The van der Waals surface area contributed by atoms with Crippen molar-refractivity contribution in [3.63, 3.8) is 0 Å². The SMILES string of the molecule is COc1ccc2[nH]cc(C3CCN(C(=O)C4CCNCC4)CC3)c2c1. The molecule has 0 atom stereocenters. The van der Waals surface area contributed by atoms with E-state index in [1.54, 1.807) is 7.11 Å². The van der Waals surface area contributed by atoms with Crippen LogP contribution < -0.4 is 10.1 Å². The van der Waals surface area contributed by atoms with E-state index in [1.807, 2.05) is 6.07 Å². The molecule has 0 bridgehead atoms. The number of H-pyrrole nitrogens is 1. The fourth-order valence-electron chi connectivity index (χ4n) is 4.32. The Balaban J connectivity index is 1.44. The number of rotatable bonds is 3. The number of likely N-dealkylation sites (tertiary alicyclic amines) is 1. The van der Waals surface area contributed by atoms with E-state index in [2.05, 4.69) is 33.5 Å². The largest absolute Gasteiger partial charge is 0.497 e. The number of amides is 1. The zero-order chi connectivity index (χ0) is 17.2. The second kappa shape index (κ2) is 7.08. The van der Waals surface area contributed by atoms with Crippen LogP contribution in [0.25, 0.3) is 10.9 Å². The molecule has 2 aliphatic heterocycles. The molecule has 3 heterocycles. The number of nitrogens with one attached hydrogen (secondary N) is 2. The molecule has 0 aliphatic carbocycles. The summed E-state index contributed by atoms with van der Waals surface area (Å²) in [4.78, 5) is 18.2. The van der Waals surface area contributed by atoms with Crippen LogP contribution in [0.5, 0.6) is 5.75 Å². The summed E-state index contributed by atoms with van der Waals surface area (Å²) in [5.41, 5.74) is 2.52. The van der Waals surface area contributed by atoms with Crippen molar-refractivity contribution in [1.29, 1.82) is 0 Å². The van der Waals surface area contributed by atoms with Crippen LogP contribution in [-0.4, -0.2) is 49.1 Å². The highest BCUT2D eigenvalue weighted by Crippen LogP contribution is 2.35. The average Bonchev–Trinajstić information content (AvgIpc) is 3.11. The number of carbonyl (C=O) groups is 1. The summed E-state index contributed by atoms with van der Waals surface area (Å²) < 4.78 is 5.38. The fraction of sp³-hybridized carbons (Fsp3) is 0.550. The van der Waals surface area contributed by atoms with Gasteiger partial charge in [0.1, 0.15) is 5.75 Å². The molecular weight excluding hydrogens is 314 g/mol. The molecule has 1 amide bonds. The van der Waals surface area contributed by atoms with Gasteiger partial charge < -0.3 is 19.9 Å². The van der Waals surface area contributed by atoms with Crippen LogP contribution in [0.2, 0.25) is 0 Å². The first-order valence-corrected chi connectivity index (χ1v) is 9.41. The van der Waals surface area contributed by atoms with Gasteiger partial charge in [-0.1, -0.05) is 0 Å². The van der Waals surface area contributed by atoms with Crippen molar-refractivity contribution in [2.24, 2.45) is 5.92 Å². The normalized spacial score (nSPS) is 20.1. The third-order valence-corrected chi connectivity index (χ3v) is 5.86. The van der Waals surface area contributed by atoms with Crippen molar-refractivity contribution in [1.82, 2.24) is 15.2 Å². The van der Waals surface area contributed by atoms with Crippen LogP contribution in [0.15, 0.2) is 24.4 Å². The summed E-state index contributed by atoms with van der Waals surface area (Å²) in [6, 6.07) is 6.18. The zero-order valence-corrected chi connectivity index (χ0v) is 14.9. The molecule has 25 heavy (non-hydrogen) atoms. The standard InChI is InChI=1S/C20H27N3O2/c1-25-16-2-3-19-17(12-16)18(13-22-19)14-6-10-23(11-7-14)20(24)15-4-8-21-9-5-15/h2-3,12-15,21-22H,4-11H2,1H3. The molecule has 2 fully saturated rings. The van der Waals surface area contributed by atoms with E-state index in [4.69, 9.17) is 4.74 Å². The van der Waals surface area contributed by atoms with Crippen molar-refractivity contribution in [2.75, 3.05) is 33.3 Å². The number of carbonyl (C=O) groups excluding carboxylic acids is 1. The fourth-order valence-corrected chi connectivity index (χ4v) is 4.32. The number of nitrogens with zero attached hydrogens (tertiary/aromatic N) is 1. The van der Waals surface area contributed by atoms with Crippen LogP contribution >= 0.6 is 0 Å². The van der Waals surface area contributed by atoms with Gasteiger partial charge in [0, 0.05) is 36.1 Å². The Morgan fingerprint density at radius 3 is 2.64 bits per heavy atom. The van der Waals surface area contributed by atoms with Crippen LogP contribution in [0.3, 0.4) is 0 Å². The van der Waals surface area contributed by atoms with E-state index in [9.17, 15) is 4.79 Å². The summed E-state index contributed by atoms with van der Waals surface area (Å²) in [7, 11) is 1.71. The van der Waals surface area contributed by atoms with Gasteiger partial charge in [-0.15, -0.1) is 0 Å². The van der Waals surface area contributed by atoms with Crippen molar-refractivity contribution >= 4 is 16.8 Å². The van der Waals surface area contributed by atoms with Gasteiger partial charge in [-0.2, -0.15) is 0 Å². The second-order valence-corrected chi connectivity index (χ2v) is 7.28. The Morgan fingerprint density at radius 2 is 1.92 bits per heavy atom. The minimum absolute atomic E-state index is 0.232. The Bertz CT molecular complexity index is 740. The van der Waals surface area contributed by atoms with Gasteiger partial charge in [0.05, 0.1) is 7.11 Å². The smallest absolute Gasteiger partial charge is 0.225 e. The summed E-state index contributed by atoms with van der Waals surface area (Å²) in [6.07, 6.45) is 6.20. The van der Waals surface area contributed by atoms with Crippen LogP contribution in [0, 0.1) is 5.92 Å². The molecule has 0 unspecified atom stereocenters. The molecule has 0 radical (unpaired) electrons. The average molecular weight is 341 g/mol. The number of aromatic amines is 1. The maximum absolute atomic E-state index is 12.7. The van der Waals surface area contributed by atoms with Gasteiger partial charge in [-0.3, -0.25) is 4.79 Å². The molecule has 4 rings (SSSR count). The van der Waals surface area contributed by atoms with Crippen LogP contribution in [0.1, 0.15) is 37.2 Å². The Kier molecular flexibility index (Phi) is 4.66. The number of hydrogen-bond acceptors (Lipinski definition) is 3. The Morgan fingerprint density at radius 1 is 1.16 bits per heavy atom. The first-order chi connectivity index (χ1) is 12.3. The Hall–Kier alpha value is -2.01. The van der Waals surface area contributed by atoms with E-state index in [-0.39, 0.29) is 5.92 Å². The number of fused-ring (bicyclic) bond motifs is 1. The lowest BCUT2D eigenvalue weighted by atomic mass is 9.88. The monoisotopic (exact) mass is 341 g/mol. The molecule has 5 nitrogen and oxygen atoms in total. The molecule has 1 aromatic heterocycles. The predicted octanol–water partition coefficient (Wildman–Crippen LogP) is 2.88. The molecular formula is C20H27N3O2. The molecule has 0 spiro atoms. The molecule has 2 aliphatic rings.